The molecule has 0 aliphatic carbocycles. The van der Waals surface area contributed by atoms with Crippen LogP contribution in [0.4, 0.5) is 14.6 Å². The Morgan fingerprint density at radius 1 is 0.962 bits per heavy atom. The van der Waals surface area contributed by atoms with E-state index in [9.17, 15) is 8.78 Å². The lowest BCUT2D eigenvalue weighted by Gasteiger charge is -2.29. The predicted molar refractivity (Wildman–Crippen MR) is 101 cm³/mol. The quantitative estimate of drug-likeness (QED) is 0.620. The number of halogens is 2. The zero-order valence-corrected chi connectivity index (χ0v) is 14.8. The smallest absolute Gasteiger partial charge is 0.264 e. The van der Waals surface area contributed by atoms with Gasteiger partial charge in [-0.25, -0.2) is 18.7 Å². The van der Waals surface area contributed by atoms with Crippen LogP contribution in [0.3, 0.4) is 0 Å². The maximum absolute atomic E-state index is 13.5. The van der Waals surface area contributed by atoms with Crippen LogP contribution in [0.15, 0.2) is 42.5 Å². The Morgan fingerprint density at radius 2 is 1.73 bits per heavy atom. The topological polar surface area (TPSA) is 29.0 Å². The molecule has 1 aliphatic heterocycles. The van der Waals surface area contributed by atoms with Crippen molar-refractivity contribution in [2.45, 2.75) is 32.6 Å². The maximum Gasteiger partial charge on any atom is 0.264 e. The number of fused-ring (bicyclic) bond motifs is 1. The van der Waals surface area contributed by atoms with Gasteiger partial charge in [0.15, 0.2) is 5.82 Å². The van der Waals surface area contributed by atoms with E-state index < -0.39 is 6.43 Å². The van der Waals surface area contributed by atoms with E-state index in [0.29, 0.717) is 11.4 Å². The second-order valence-corrected chi connectivity index (χ2v) is 6.83. The third-order valence-corrected chi connectivity index (χ3v) is 4.92. The van der Waals surface area contributed by atoms with Crippen LogP contribution in [0.5, 0.6) is 0 Å². The largest absolute Gasteiger partial charge is 0.356 e. The summed E-state index contributed by atoms with van der Waals surface area (Å²) >= 11 is 0. The van der Waals surface area contributed by atoms with E-state index >= 15 is 0 Å². The summed E-state index contributed by atoms with van der Waals surface area (Å²) in [6.07, 6.45) is 0.918. The lowest BCUT2D eigenvalue weighted by Crippen LogP contribution is -2.30. The first-order chi connectivity index (χ1) is 12.6. The summed E-state index contributed by atoms with van der Waals surface area (Å²) in [4.78, 5) is 11.6. The molecule has 1 fully saturated rings. The highest BCUT2D eigenvalue weighted by molar-refractivity contribution is 5.91. The molecule has 0 atom stereocenters. The van der Waals surface area contributed by atoms with E-state index in [1.54, 1.807) is 18.2 Å². The Morgan fingerprint density at radius 3 is 2.50 bits per heavy atom. The van der Waals surface area contributed by atoms with Crippen molar-refractivity contribution in [1.29, 1.82) is 0 Å². The SMILES string of the molecule is Cc1ccc2c(N3CCCCC3)nc(-c3ccccc3C(F)F)nc2c1. The molecule has 3 nitrogen and oxygen atoms in total. The summed E-state index contributed by atoms with van der Waals surface area (Å²) in [5, 5.41) is 0.982. The number of nitrogens with zero attached hydrogens (tertiary/aromatic N) is 3. The molecule has 2 heterocycles. The first kappa shape index (κ1) is 16.9. The normalized spacial score (nSPS) is 15.0. The van der Waals surface area contributed by atoms with Crippen molar-refractivity contribution in [2.24, 2.45) is 0 Å². The van der Waals surface area contributed by atoms with E-state index in [4.69, 9.17) is 4.98 Å². The minimum atomic E-state index is -2.55. The third kappa shape index (κ3) is 3.14. The molecule has 3 aromatic rings. The van der Waals surface area contributed by atoms with E-state index in [1.807, 2.05) is 25.1 Å². The van der Waals surface area contributed by atoms with Gasteiger partial charge in [0.25, 0.3) is 6.43 Å². The van der Waals surface area contributed by atoms with Gasteiger partial charge in [-0.15, -0.1) is 0 Å². The molecule has 26 heavy (non-hydrogen) atoms. The van der Waals surface area contributed by atoms with Crippen molar-refractivity contribution in [3.05, 3.63) is 53.6 Å². The van der Waals surface area contributed by atoms with Crippen LogP contribution in [-0.2, 0) is 0 Å². The lowest BCUT2D eigenvalue weighted by atomic mass is 10.1. The number of hydrogen-bond donors (Lipinski definition) is 0. The molecule has 4 rings (SSSR count). The van der Waals surface area contributed by atoms with Gasteiger partial charge in [-0.05, 0) is 43.9 Å². The number of hydrogen-bond acceptors (Lipinski definition) is 3. The minimum absolute atomic E-state index is 0.0240. The molecule has 5 heteroatoms. The average molecular weight is 353 g/mol. The van der Waals surface area contributed by atoms with Gasteiger partial charge in [0.2, 0.25) is 0 Å². The number of anilines is 1. The Bertz CT molecular complexity index is 934. The highest BCUT2D eigenvalue weighted by atomic mass is 19.3. The highest BCUT2D eigenvalue weighted by Gasteiger charge is 2.20. The van der Waals surface area contributed by atoms with Crippen LogP contribution < -0.4 is 4.90 Å². The summed E-state index contributed by atoms with van der Waals surface area (Å²) in [6.45, 7) is 3.89. The molecule has 2 aromatic carbocycles. The van der Waals surface area contributed by atoms with Gasteiger partial charge in [0.05, 0.1) is 5.52 Å². The van der Waals surface area contributed by atoms with Crippen molar-refractivity contribution in [1.82, 2.24) is 9.97 Å². The summed E-state index contributed by atoms with van der Waals surface area (Å²) in [6, 6.07) is 12.6. The summed E-state index contributed by atoms with van der Waals surface area (Å²) in [5.74, 6) is 1.23. The number of benzene rings is 2. The Hall–Kier alpha value is -2.56. The lowest BCUT2D eigenvalue weighted by molar-refractivity contribution is 0.152. The molecule has 0 saturated carbocycles. The average Bonchev–Trinajstić information content (AvgIpc) is 2.67. The fraction of sp³-hybridized carbons (Fsp3) is 0.333. The molecule has 134 valence electrons. The molecule has 1 saturated heterocycles. The van der Waals surface area contributed by atoms with Crippen LogP contribution in [0.2, 0.25) is 0 Å². The summed E-state index contributed by atoms with van der Waals surface area (Å²) in [7, 11) is 0. The van der Waals surface area contributed by atoms with Gasteiger partial charge in [-0.2, -0.15) is 0 Å². The molecular formula is C21H21F2N3. The first-order valence-corrected chi connectivity index (χ1v) is 9.04. The van der Waals surface area contributed by atoms with E-state index in [0.717, 1.165) is 48.2 Å². The van der Waals surface area contributed by atoms with E-state index in [1.165, 1.54) is 12.5 Å². The zero-order chi connectivity index (χ0) is 18.1. The fourth-order valence-electron chi connectivity index (χ4n) is 3.58. The molecule has 0 spiro atoms. The van der Waals surface area contributed by atoms with Gasteiger partial charge in [0, 0.05) is 29.6 Å². The molecular weight excluding hydrogens is 332 g/mol. The van der Waals surface area contributed by atoms with Crippen molar-refractivity contribution in [3.8, 4) is 11.4 Å². The number of alkyl halides is 2. The van der Waals surface area contributed by atoms with Gasteiger partial charge >= 0.3 is 0 Å². The number of piperidine rings is 1. The molecule has 0 radical (unpaired) electrons. The van der Waals surface area contributed by atoms with Gasteiger partial charge in [-0.1, -0.05) is 30.3 Å². The Labute approximate surface area is 151 Å². The van der Waals surface area contributed by atoms with Gasteiger partial charge < -0.3 is 4.90 Å². The zero-order valence-electron chi connectivity index (χ0n) is 14.8. The van der Waals surface area contributed by atoms with Crippen LogP contribution in [0.1, 0.15) is 36.8 Å². The minimum Gasteiger partial charge on any atom is -0.356 e. The molecule has 1 aliphatic rings. The van der Waals surface area contributed by atoms with Gasteiger partial charge in [0.1, 0.15) is 5.82 Å². The maximum atomic E-state index is 13.5. The third-order valence-electron chi connectivity index (χ3n) is 4.92. The van der Waals surface area contributed by atoms with E-state index in [-0.39, 0.29) is 5.56 Å². The fourth-order valence-corrected chi connectivity index (χ4v) is 3.58. The van der Waals surface area contributed by atoms with Crippen LogP contribution in [0.25, 0.3) is 22.3 Å². The number of aryl methyl sites for hydroxylation is 1. The molecule has 0 amide bonds. The number of rotatable bonds is 3. The molecule has 0 bridgehead atoms. The molecule has 0 N–H and O–H groups in total. The Kier molecular flexibility index (Phi) is 4.53. The second kappa shape index (κ2) is 6.98. The monoisotopic (exact) mass is 353 g/mol. The van der Waals surface area contributed by atoms with Gasteiger partial charge in [-0.3, -0.25) is 0 Å². The second-order valence-electron chi connectivity index (χ2n) is 6.83. The summed E-state index contributed by atoms with van der Waals surface area (Å²) < 4.78 is 27.0. The molecule has 0 unspecified atom stereocenters. The van der Waals surface area contributed by atoms with Crippen LogP contribution in [-0.4, -0.2) is 23.1 Å². The van der Waals surface area contributed by atoms with Crippen LogP contribution >= 0.6 is 0 Å². The highest BCUT2D eigenvalue weighted by Crippen LogP contribution is 2.33. The standard InChI is InChI=1S/C21H21F2N3/c1-14-9-10-17-18(13-14)24-20(16-8-4-3-7-15(16)19(22)23)25-21(17)26-11-5-2-6-12-26/h3-4,7-10,13,19H,2,5-6,11-12H2,1H3. The molecule has 1 aromatic heterocycles. The summed E-state index contributed by atoms with van der Waals surface area (Å²) in [5.41, 5.74) is 2.28. The van der Waals surface area contributed by atoms with Crippen molar-refractivity contribution in [3.63, 3.8) is 0 Å². The van der Waals surface area contributed by atoms with Crippen molar-refractivity contribution >= 4 is 16.7 Å². The van der Waals surface area contributed by atoms with Crippen LogP contribution in [0, 0.1) is 6.92 Å². The number of aromatic nitrogens is 2. The Balaban J connectivity index is 1.93. The van der Waals surface area contributed by atoms with Crippen molar-refractivity contribution in [2.75, 3.05) is 18.0 Å². The van der Waals surface area contributed by atoms with E-state index in [2.05, 4.69) is 9.88 Å². The predicted octanol–water partition coefficient (Wildman–Crippen LogP) is 5.53. The first-order valence-electron chi connectivity index (χ1n) is 9.04. The van der Waals surface area contributed by atoms with Crippen molar-refractivity contribution < 1.29 is 8.78 Å².